The highest BCUT2D eigenvalue weighted by Crippen LogP contribution is 2.34. The standard InChI is InChI=1S/C12H14O2/c1-12(2)10(13)7-8-5-3-4-6-9(8)11(12)14/h3-6,10,13H,7H2,1-2H3/t10-/m1/s1. The zero-order chi connectivity index (χ0) is 10.3. The molecule has 74 valence electrons. The number of fused-ring (bicyclic) bond motifs is 1. The molecule has 0 aromatic heterocycles. The minimum atomic E-state index is -0.644. The molecule has 0 amide bonds. The number of aliphatic hydroxyl groups is 1. The minimum Gasteiger partial charge on any atom is -0.392 e. The number of hydrogen-bond acceptors (Lipinski definition) is 2. The van der Waals surface area contributed by atoms with E-state index in [1.54, 1.807) is 13.8 Å². The lowest BCUT2D eigenvalue weighted by Crippen LogP contribution is -2.42. The highest BCUT2D eigenvalue weighted by Gasteiger charge is 2.40. The van der Waals surface area contributed by atoms with Crippen LogP contribution in [0.2, 0.25) is 0 Å². The molecule has 2 nitrogen and oxygen atoms in total. The average molecular weight is 190 g/mol. The van der Waals surface area contributed by atoms with Crippen molar-refractivity contribution in [1.82, 2.24) is 0 Å². The highest BCUT2D eigenvalue weighted by molar-refractivity contribution is 6.02. The Morgan fingerprint density at radius 2 is 2.00 bits per heavy atom. The van der Waals surface area contributed by atoms with Crippen molar-refractivity contribution in [1.29, 1.82) is 0 Å². The first-order chi connectivity index (χ1) is 6.53. The zero-order valence-corrected chi connectivity index (χ0v) is 8.45. The Hall–Kier alpha value is -1.15. The number of rotatable bonds is 0. The third kappa shape index (κ3) is 1.18. The van der Waals surface area contributed by atoms with Gasteiger partial charge in [-0.15, -0.1) is 0 Å². The first-order valence-electron chi connectivity index (χ1n) is 4.84. The molecule has 0 fully saturated rings. The predicted molar refractivity (Wildman–Crippen MR) is 54.3 cm³/mol. The molecule has 2 rings (SSSR count). The van der Waals surface area contributed by atoms with Crippen LogP contribution in [0.25, 0.3) is 0 Å². The molecule has 2 heteroatoms. The zero-order valence-electron chi connectivity index (χ0n) is 8.45. The summed E-state index contributed by atoms with van der Waals surface area (Å²) in [6, 6.07) is 7.51. The summed E-state index contributed by atoms with van der Waals surface area (Å²) in [5.74, 6) is 0.0480. The van der Waals surface area contributed by atoms with Gasteiger partial charge >= 0.3 is 0 Å². The largest absolute Gasteiger partial charge is 0.392 e. The van der Waals surface area contributed by atoms with E-state index in [-0.39, 0.29) is 5.78 Å². The Balaban J connectivity index is 2.55. The maximum absolute atomic E-state index is 12.0. The van der Waals surface area contributed by atoms with Crippen molar-refractivity contribution in [2.24, 2.45) is 5.41 Å². The number of benzene rings is 1. The topological polar surface area (TPSA) is 37.3 Å². The van der Waals surface area contributed by atoms with Gasteiger partial charge in [0.2, 0.25) is 0 Å². The molecule has 0 unspecified atom stereocenters. The molecule has 0 radical (unpaired) electrons. The second kappa shape index (κ2) is 2.92. The van der Waals surface area contributed by atoms with Crippen molar-refractivity contribution in [3.8, 4) is 0 Å². The summed E-state index contributed by atoms with van der Waals surface area (Å²) in [5, 5.41) is 9.83. The second-order valence-electron chi connectivity index (χ2n) is 4.43. The average Bonchev–Trinajstić information content (AvgIpc) is 2.15. The molecule has 0 spiro atoms. The fourth-order valence-electron chi connectivity index (χ4n) is 1.88. The Morgan fingerprint density at radius 1 is 1.36 bits per heavy atom. The van der Waals surface area contributed by atoms with Gasteiger partial charge in [0.15, 0.2) is 5.78 Å². The fourth-order valence-corrected chi connectivity index (χ4v) is 1.88. The quantitative estimate of drug-likeness (QED) is 0.677. The molecule has 1 aromatic rings. The molecular formula is C12H14O2. The fraction of sp³-hybridized carbons (Fsp3) is 0.417. The molecular weight excluding hydrogens is 176 g/mol. The molecule has 0 saturated heterocycles. The van der Waals surface area contributed by atoms with Crippen LogP contribution >= 0.6 is 0 Å². The Kier molecular flexibility index (Phi) is 1.96. The molecule has 0 bridgehead atoms. The number of ketones is 1. The third-order valence-electron chi connectivity index (χ3n) is 3.09. The van der Waals surface area contributed by atoms with Crippen LogP contribution in [0.5, 0.6) is 0 Å². The molecule has 0 saturated carbocycles. The van der Waals surface area contributed by atoms with Gasteiger partial charge in [0.25, 0.3) is 0 Å². The third-order valence-corrected chi connectivity index (χ3v) is 3.09. The molecule has 0 aliphatic heterocycles. The van der Waals surface area contributed by atoms with Gasteiger partial charge in [-0.05, 0) is 5.56 Å². The smallest absolute Gasteiger partial charge is 0.171 e. The summed E-state index contributed by atoms with van der Waals surface area (Å²) in [6.07, 6.45) is 0.0134. The van der Waals surface area contributed by atoms with E-state index >= 15 is 0 Å². The van der Waals surface area contributed by atoms with Crippen molar-refractivity contribution in [3.05, 3.63) is 35.4 Å². The maximum atomic E-state index is 12.0. The van der Waals surface area contributed by atoms with E-state index in [0.717, 1.165) is 11.1 Å². The lowest BCUT2D eigenvalue weighted by molar-refractivity contribution is 0.0349. The van der Waals surface area contributed by atoms with Gasteiger partial charge in [0.05, 0.1) is 11.5 Å². The van der Waals surface area contributed by atoms with Crippen LogP contribution in [-0.4, -0.2) is 17.0 Å². The lowest BCUT2D eigenvalue weighted by atomic mass is 9.71. The van der Waals surface area contributed by atoms with E-state index in [9.17, 15) is 9.90 Å². The molecule has 14 heavy (non-hydrogen) atoms. The van der Waals surface area contributed by atoms with Crippen LogP contribution < -0.4 is 0 Å². The van der Waals surface area contributed by atoms with Gasteiger partial charge < -0.3 is 5.11 Å². The first kappa shape index (κ1) is 9.41. The summed E-state index contributed by atoms with van der Waals surface area (Å²) in [5.41, 5.74) is 1.08. The van der Waals surface area contributed by atoms with Crippen LogP contribution in [-0.2, 0) is 6.42 Å². The molecule has 1 N–H and O–H groups in total. The summed E-state index contributed by atoms with van der Waals surface area (Å²) >= 11 is 0. The van der Waals surface area contributed by atoms with Crippen LogP contribution in [0, 0.1) is 5.41 Å². The number of Topliss-reactive ketones (excluding diaryl/α,β-unsaturated/α-hetero) is 1. The number of aliphatic hydroxyl groups excluding tert-OH is 1. The predicted octanol–water partition coefficient (Wildman–Crippen LogP) is 1.81. The van der Waals surface area contributed by atoms with Crippen LogP contribution in [0.1, 0.15) is 29.8 Å². The molecule has 1 aliphatic rings. The highest BCUT2D eigenvalue weighted by atomic mass is 16.3. The van der Waals surface area contributed by atoms with E-state index in [2.05, 4.69) is 0 Å². The normalized spacial score (nSPS) is 24.5. The summed E-state index contributed by atoms with van der Waals surface area (Å²) < 4.78 is 0. The van der Waals surface area contributed by atoms with Crippen LogP contribution in [0.3, 0.4) is 0 Å². The van der Waals surface area contributed by atoms with Crippen molar-refractivity contribution in [2.75, 3.05) is 0 Å². The molecule has 0 heterocycles. The number of carbonyl (C=O) groups is 1. The summed E-state index contributed by atoms with van der Waals surface area (Å²) in [4.78, 5) is 12.0. The number of hydrogen-bond donors (Lipinski definition) is 1. The lowest BCUT2D eigenvalue weighted by Gasteiger charge is -2.34. The summed E-state index contributed by atoms with van der Waals surface area (Å²) in [6.45, 7) is 3.60. The SMILES string of the molecule is CC1(C)C(=O)c2ccccc2C[C@H]1O. The van der Waals surface area contributed by atoms with E-state index in [1.807, 2.05) is 24.3 Å². The van der Waals surface area contributed by atoms with Crippen LogP contribution in [0.4, 0.5) is 0 Å². The van der Waals surface area contributed by atoms with E-state index in [4.69, 9.17) is 0 Å². The van der Waals surface area contributed by atoms with Gasteiger partial charge in [-0.3, -0.25) is 4.79 Å². The molecule has 1 aliphatic carbocycles. The van der Waals surface area contributed by atoms with Crippen molar-refractivity contribution < 1.29 is 9.90 Å². The van der Waals surface area contributed by atoms with Gasteiger partial charge in [-0.25, -0.2) is 0 Å². The van der Waals surface area contributed by atoms with Crippen molar-refractivity contribution >= 4 is 5.78 Å². The van der Waals surface area contributed by atoms with Gasteiger partial charge in [0.1, 0.15) is 0 Å². The minimum absolute atomic E-state index is 0.0480. The molecule has 1 aromatic carbocycles. The Labute approximate surface area is 83.6 Å². The van der Waals surface area contributed by atoms with E-state index in [1.165, 1.54) is 0 Å². The summed E-state index contributed by atoms with van der Waals surface area (Å²) in [7, 11) is 0. The van der Waals surface area contributed by atoms with Gasteiger partial charge in [0, 0.05) is 12.0 Å². The van der Waals surface area contributed by atoms with Crippen molar-refractivity contribution in [2.45, 2.75) is 26.4 Å². The maximum Gasteiger partial charge on any atom is 0.171 e. The van der Waals surface area contributed by atoms with Crippen molar-refractivity contribution in [3.63, 3.8) is 0 Å². The van der Waals surface area contributed by atoms with E-state index in [0.29, 0.717) is 6.42 Å². The van der Waals surface area contributed by atoms with Crippen LogP contribution in [0.15, 0.2) is 24.3 Å². The second-order valence-corrected chi connectivity index (χ2v) is 4.43. The Bertz CT molecular complexity index is 380. The Morgan fingerprint density at radius 3 is 2.71 bits per heavy atom. The van der Waals surface area contributed by atoms with E-state index < -0.39 is 11.5 Å². The van der Waals surface area contributed by atoms with Gasteiger partial charge in [-0.2, -0.15) is 0 Å². The number of carbonyl (C=O) groups excluding carboxylic acids is 1. The van der Waals surface area contributed by atoms with Gasteiger partial charge in [-0.1, -0.05) is 38.1 Å². The monoisotopic (exact) mass is 190 g/mol. The first-order valence-corrected chi connectivity index (χ1v) is 4.84. The molecule has 1 atom stereocenters.